The third kappa shape index (κ3) is 2.66. The number of methoxy groups -OCH3 is 1. The molecule has 0 aliphatic carbocycles. The molecule has 0 bridgehead atoms. The molecule has 6 nitrogen and oxygen atoms in total. The number of ether oxygens (including phenoxy) is 3. The van der Waals surface area contributed by atoms with Gasteiger partial charge in [0.15, 0.2) is 11.5 Å². The van der Waals surface area contributed by atoms with Crippen LogP contribution in [0.5, 0.6) is 11.5 Å². The lowest BCUT2D eigenvalue weighted by molar-refractivity contribution is -0.118. The molecule has 0 saturated heterocycles. The van der Waals surface area contributed by atoms with Gasteiger partial charge in [0, 0.05) is 19.2 Å². The maximum Gasteiger partial charge on any atom is 0.243 e. The molecule has 3 N–H and O–H groups in total. The summed E-state index contributed by atoms with van der Waals surface area (Å²) in [4.78, 5) is 11.7. The SMILES string of the molecule is COCC(N)C(=O)Nc1cc2c(cc1Cl)OCO2. The number of benzene rings is 1. The average molecular weight is 273 g/mol. The Bertz CT molecular complexity index is 467. The number of nitrogens with one attached hydrogen (secondary N) is 1. The topological polar surface area (TPSA) is 82.8 Å². The maximum atomic E-state index is 11.7. The van der Waals surface area contributed by atoms with Crippen molar-refractivity contribution >= 4 is 23.2 Å². The van der Waals surface area contributed by atoms with Crippen molar-refractivity contribution in [2.75, 3.05) is 25.8 Å². The molecule has 7 heteroatoms. The zero-order valence-corrected chi connectivity index (χ0v) is 10.5. The van der Waals surface area contributed by atoms with Gasteiger partial charge >= 0.3 is 0 Å². The van der Waals surface area contributed by atoms with E-state index in [9.17, 15) is 4.79 Å². The first-order valence-electron chi connectivity index (χ1n) is 5.26. The van der Waals surface area contributed by atoms with Crippen molar-refractivity contribution in [3.8, 4) is 11.5 Å². The van der Waals surface area contributed by atoms with Gasteiger partial charge in [-0.05, 0) is 0 Å². The third-order valence-corrected chi connectivity index (χ3v) is 2.72. The number of hydrogen-bond acceptors (Lipinski definition) is 5. The summed E-state index contributed by atoms with van der Waals surface area (Å²) >= 11 is 6.01. The number of nitrogens with two attached hydrogens (primary N) is 1. The summed E-state index contributed by atoms with van der Waals surface area (Å²) in [5.41, 5.74) is 6.03. The molecule has 0 saturated carbocycles. The number of amides is 1. The van der Waals surface area contributed by atoms with E-state index in [1.54, 1.807) is 12.1 Å². The molecule has 1 aromatic rings. The van der Waals surface area contributed by atoms with Gasteiger partial charge in [0.05, 0.1) is 17.3 Å². The number of halogens is 1. The largest absolute Gasteiger partial charge is 0.454 e. The molecule has 1 amide bonds. The van der Waals surface area contributed by atoms with Crippen molar-refractivity contribution in [2.24, 2.45) is 5.73 Å². The highest BCUT2D eigenvalue weighted by Gasteiger charge is 2.19. The number of hydrogen-bond donors (Lipinski definition) is 2. The summed E-state index contributed by atoms with van der Waals surface area (Å²) in [5.74, 6) is 0.715. The van der Waals surface area contributed by atoms with Gasteiger partial charge in [0.1, 0.15) is 6.04 Å². The summed E-state index contributed by atoms with van der Waals surface area (Å²) in [6.07, 6.45) is 0. The van der Waals surface area contributed by atoms with Crippen molar-refractivity contribution in [3.63, 3.8) is 0 Å². The first-order valence-corrected chi connectivity index (χ1v) is 5.64. The standard InChI is InChI=1S/C11H13ClN2O4/c1-16-4-7(13)11(15)14-8-3-10-9(2-6(8)12)17-5-18-10/h2-3,7H,4-5,13H2,1H3,(H,14,15). The Morgan fingerprint density at radius 3 is 2.89 bits per heavy atom. The maximum absolute atomic E-state index is 11.7. The lowest BCUT2D eigenvalue weighted by Crippen LogP contribution is -2.39. The van der Waals surface area contributed by atoms with Gasteiger partial charge in [-0.25, -0.2) is 0 Å². The first-order chi connectivity index (χ1) is 8.61. The van der Waals surface area contributed by atoms with Crippen LogP contribution in [0.4, 0.5) is 5.69 Å². The lowest BCUT2D eigenvalue weighted by Gasteiger charge is -2.12. The molecule has 18 heavy (non-hydrogen) atoms. The van der Waals surface area contributed by atoms with Crippen LogP contribution in [0.25, 0.3) is 0 Å². The zero-order valence-electron chi connectivity index (χ0n) is 9.73. The Morgan fingerprint density at radius 2 is 2.22 bits per heavy atom. The Hall–Kier alpha value is -1.50. The highest BCUT2D eigenvalue weighted by molar-refractivity contribution is 6.34. The predicted molar refractivity (Wildman–Crippen MR) is 66.1 cm³/mol. The molecule has 0 radical (unpaired) electrons. The van der Waals surface area contributed by atoms with E-state index in [0.717, 1.165) is 0 Å². The molecule has 2 rings (SSSR count). The molecule has 1 unspecified atom stereocenters. The van der Waals surface area contributed by atoms with Crippen LogP contribution in [-0.4, -0.2) is 32.5 Å². The minimum atomic E-state index is -0.753. The van der Waals surface area contributed by atoms with Crippen molar-refractivity contribution in [1.29, 1.82) is 0 Å². The molecule has 1 aromatic carbocycles. The van der Waals surface area contributed by atoms with Crippen LogP contribution in [0.3, 0.4) is 0 Å². The van der Waals surface area contributed by atoms with Crippen molar-refractivity contribution < 1.29 is 19.0 Å². The van der Waals surface area contributed by atoms with E-state index in [1.807, 2.05) is 0 Å². The molecule has 98 valence electrons. The van der Waals surface area contributed by atoms with E-state index >= 15 is 0 Å². The molecule has 1 heterocycles. The van der Waals surface area contributed by atoms with Gasteiger partial charge in [-0.2, -0.15) is 0 Å². The van der Waals surface area contributed by atoms with E-state index < -0.39 is 6.04 Å². The minimum absolute atomic E-state index is 0.133. The van der Waals surface area contributed by atoms with Gasteiger partial charge < -0.3 is 25.3 Å². The average Bonchev–Trinajstić information content (AvgIpc) is 2.76. The van der Waals surface area contributed by atoms with Crippen LogP contribution in [0, 0.1) is 0 Å². The smallest absolute Gasteiger partial charge is 0.243 e. The Kier molecular flexibility index (Phi) is 3.90. The van der Waals surface area contributed by atoms with Gasteiger partial charge in [-0.1, -0.05) is 11.6 Å². The summed E-state index contributed by atoms with van der Waals surface area (Å²) in [6, 6.07) is 2.43. The fraction of sp³-hybridized carbons (Fsp3) is 0.364. The van der Waals surface area contributed by atoms with Crippen LogP contribution in [-0.2, 0) is 9.53 Å². The molecule has 1 atom stereocenters. The molecule has 1 aliphatic rings. The third-order valence-electron chi connectivity index (χ3n) is 2.40. The molecule has 0 spiro atoms. The van der Waals surface area contributed by atoms with Crippen molar-refractivity contribution in [1.82, 2.24) is 0 Å². The highest BCUT2D eigenvalue weighted by Crippen LogP contribution is 2.39. The summed E-state index contributed by atoms with van der Waals surface area (Å²) in [6.45, 7) is 0.278. The van der Waals surface area contributed by atoms with Crippen LogP contribution >= 0.6 is 11.6 Å². The Labute approximate surface area is 109 Å². The predicted octanol–water partition coefficient (Wildman–Crippen LogP) is 0.981. The molecular formula is C11H13ClN2O4. The highest BCUT2D eigenvalue weighted by atomic mass is 35.5. The van der Waals surface area contributed by atoms with Crippen LogP contribution in [0.2, 0.25) is 5.02 Å². The number of carbonyl (C=O) groups excluding carboxylic acids is 1. The number of rotatable bonds is 4. The second-order valence-electron chi connectivity index (χ2n) is 3.74. The molecule has 0 aromatic heterocycles. The number of anilines is 1. The van der Waals surface area contributed by atoms with E-state index in [0.29, 0.717) is 22.2 Å². The van der Waals surface area contributed by atoms with E-state index in [-0.39, 0.29) is 19.3 Å². The summed E-state index contributed by atoms with van der Waals surface area (Å²) < 4.78 is 15.2. The zero-order chi connectivity index (χ0) is 13.1. The van der Waals surface area contributed by atoms with E-state index in [4.69, 9.17) is 31.5 Å². The van der Waals surface area contributed by atoms with Gasteiger partial charge in [0.2, 0.25) is 12.7 Å². The first kappa shape index (κ1) is 12.9. The fourth-order valence-electron chi connectivity index (χ4n) is 1.49. The van der Waals surface area contributed by atoms with Crippen molar-refractivity contribution in [2.45, 2.75) is 6.04 Å². The summed E-state index contributed by atoms with van der Waals surface area (Å²) in [7, 11) is 1.47. The van der Waals surface area contributed by atoms with Crippen LogP contribution in [0.15, 0.2) is 12.1 Å². The van der Waals surface area contributed by atoms with E-state index in [2.05, 4.69) is 5.32 Å². The number of fused-ring (bicyclic) bond motifs is 1. The van der Waals surface area contributed by atoms with Gasteiger partial charge in [0.25, 0.3) is 0 Å². The minimum Gasteiger partial charge on any atom is -0.454 e. The lowest BCUT2D eigenvalue weighted by atomic mass is 10.2. The Balaban J connectivity index is 2.12. The fourth-order valence-corrected chi connectivity index (χ4v) is 1.69. The molecule has 0 fully saturated rings. The molecule has 1 aliphatic heterocycles. The van der Waals surface area contributed by atoms with Crippen LogP contribution in [0.1, 0.15) is 0 Å². The van der Waals surface area contributed by atoms with Gasteiger partial charge in [-0.15, -0.1) is 0 Å². The van der Waals surface area contributed by atoms with Crippen molar-refractivity contribution in [3.05, 3.63) is 17.2 Å². The number of carbonyl (C=O) groups is 1. The summed E-state index contributed by atoms with van der Waals surface area (Å²) in [5, 5.41) is 2.97. The molecular weight excluding hydrogens is 260 g/mol. The monoisotopic (exact) mass is 272 g/mol. The van der Waals surface area contributed by atoms with Crippen LogP contribution < -0.4 is 20.5 Å². The van der Waals surface area contributed by atoms with Gasteiger partial charge in [-0.3, -0.25) is 4.79 Å². The second kappa shape index (κ2) is 5.43. The quantitative estimate of drug-likeness (QED) is 0.854. The van der Waals surface area contributed by atoms with E-state index in [1.165, 1.54) is 7.11 Å². The normalized spacial score (nSPS) is 14.4. The Morgan fingerprint density at radius 1 is 1.56 bits per heavy atom. The second-order valence-corrected chi connectivity index (χ2v) is 4.14.